The highest BCUT2D eigenvalue weighted by Crippen LogP contribution is 2.38. The second-order valence-electron chi connectivity index (χ2n) is 12.2. The lowest BCUT2D eigenvalue weighted by molar-refractivity contribution is -0.152. The van der Waals surface area contributed by atoms with Gasteiger partial charge < -0.3 is 18.6 Å². The van der Waals surface area contributed by atoms with Crippen molar-refractivity contribution >= 4 is 14.3 Å². The highest BCUT2D eigenvalue weighted by molar-refractivity contribution is 6.74. The number of hydrogen-bond acceptors (Lipinski definition) is 5. The number of ether oxygens (including phenoxy) is 3. The van der Waals surface area contributed by atoms with Crippen LogP contribution in [-0.2, 0) is 25.3 Å². The van der Waals surface area contributed by atoms with Crippen LogP contribution in [0.15, 0.2) is 48.3 Å². The Labute approximate surface area is 225 Å². The first-order chi connectivity index (χ1) is 17.0. The van der Waals surface area contributed by atoms with Gasteiger partial charge in [0.2, 0.25) is 0 Å². The molecular weight excluding hydrogens is 487 g/mol. The van der Waals surface area contributed by atoms with Gasteiger partial charge in [0.15, 0.2) is 8.32 Å². The summed E-state index contributed by atoms with van der Waals surface area (Å²) in [5, 5.41) is 0.0758. The van der Waals surface area contributed by atoms with Gasteiger partial charge in [-0.3, -0.25) is 4.79 Å². The second kappa shape index (κ2) is 14.3. The zero-order valence-electron chi connectivity index (χ0n) is 24.8. The molecule has 0 aromatic heterocycles. The number of hydrogen-bond donors (Lipinski definition) is 0. The van der Waals surface area contributed by atoms with E-state index in [4.69, 9.17) is 18.6 Å². The van der Waals surface area contributed by atoms with Crippen molar-refractivity contribution in [2.24, 2.45) is 11.3 Å². The van der Waals surface area contributed by atoms with Crippen LogP contribution >= 0.6 is 0 Å². The molecule has 0 aliphatic rings. The maximum Gasteiger partial charge on any atom is 0.311 e. The van der Waals surface area contributed by atoms with Crippen molar-refractivity contribution in [2.75, 3.05) is 13.7 Å². The summed E-state index contributed by atoms with van der Waals surface area (Å²) in [6, 6.07) is 7.48. The van der Waals surface area contributed by atoms with Crippen LogP contribution in [-0.4, -0.2) is 40.2 Å². The number of halogens is 1. The summed E-state index contributed by atoms with van der Waals surface area (Å²) >= 11 is 0. The molecule has 0 N–H and O–H groups in total. The topological polar surface area (TPSA) is 54.0 Å². The van der Waals surface area contributed by atoms with Crippen molar-refractivity contribution in [3.05, 3.63) is 53.9 Å². The van der Waals surface area contributed by atoms with E-state index in [0.717, 1.165) is 11.3 Å². The number of rotatable bonds is 13. The van der Waals surface area contributed by atoms with Gasteiger partial charge in [0.1, 0.15) is 17.7 Å². The molecule has 0 aliphatic carbocycles. The number of benzene rings is 1. The van der Waals surface area contributed by atoms with E-state index in [1.54, 1.807) is 25.3 Å². The smallest absolute Gasteiger partial charge is 0.311 e. The molecule has 210 valence electrons. The van der Waals surface area contributed by atoms with Gasteiger partial charge in [-0.1, -0.05) is 52.0 Å². The van der Waals surface area contributed by atoms with Crippen LogP contribution < -0.4 is 4.74 Å². The molecule has 7 heteroatoms. The maximum atomic E-state index is 15.5. The van der Waals surface area contributed by atoms with Crippen molar-refractivity contribution in [2.45, 2.75) is 98.8 Å². The van der Waals surface area contributed by atoms with Crippen molar-refractivity contribution in [3.63, 3.8) is 0 Å². The molecule has 3 atom stereocenters. The SMILES string of the molecule is COc1ccc(CO[C@@H](C=CCCOC(=O)C(C)(C)C)C(F)=C[C@@H](C)[C@H](C)O[Si](C)(C)C(C)(C)C)cc1. The number of methoxy groups -OCH3 is 1. The molecule has 37 heavy (non-hydrogen) atoms. The van der Waals surface area contributed by atoms with E-state index in [1.165, 1.54) is 0 Å². The molecule has 1 rings (SSSR count). The largest absolute Gasteiger partial charge is 0.497 e. The Kier molecular flexibility index (Phi) is 12.7. The zero-order chi connectivity index (χ0) is 28.4. The molecule has 5 nitrogen and oxygen atoms in total. The molecule has 0 aliphatic heterocycles. The molecule has 0 saturated carbocycles. The first-order valence-electron chi connectivity index (χ1n) is 13.1. The Hall–Kier alpha value is -1.96. The van der Waals surface area contributed by atoms with E-state index in [9.17, 15) is 4.79 Å². The van der Waals surface area contributed by atoms with Crippen LogP contribution in [0.3, 0.4) is 0 Å². The third-order valence-corrected chi connectivity index (χ3v) is 11.3. The lowest BCUT2D eigenvalue weighted by Gasteiger charge is -2.39. The summed E-state index contributed by atoms with van der Waals surface area (Å²) in [5.41, 5.74) is 0.357. The molecule has 0 spiro atoms. The Bertz CT molecular complexity index is 894. The highest BCUT2D eigenvalue weighted by Gasteiger charge is 2.39. The molecule has 0 fully saturated rings. The molecular formula is C30H49FO5Si. The standard InChI is InChI=1S/C30H49FO5Si/c1-22(23(2)36-37(10,11)30(6,7)8)20-26(31)27(14-12-13-19-34-28(32)29(3,4)5)35-21-24-15-17-25(33-9)18-16-24/h12,14-18,20,22-23,27H,13,19,21H2,1-11H3/t22-,23+,27+/m1/s1. The van der Waals surface area contributed by atoms with Gasteiger partial charge in [0.25, 0.3) is 0 Å². The predicted molar refractivity (Wildman–Crippen MR) is 152 cm³/mol. The van der Waals surface area contributed by atoms with Crippen LogP contribution in [0.2, 0.25) is 18.1 Å². The summed E-state index contributed by atoms with van der Waals surface area (Å²) < 4.78 is 38.4. The molecule has 0 unspecified atom stereocenters. The van der Waals surface area contributed by atoms with Crippen molar-refractivity contribution < 1.29 is 27.8 Å². The van der Waals surface area contributed by atoms with Gasteiger partial charge >= 0.3 is 5.97 Å². The fourth-order valence-corrected chi connectivity index (χ4v) is 4.52. The first kappa shape index (κ1) is 33.1. The Balaban J connectivity index is 2.94. The first-order valence-corrected chi connectivity index (χ1v) is 16.0. The van der Waals surface area contributed by atoms with Crippen LogP contribution in [0, 0.1) is 11.3 Å². The molecule has 0 radical (unpaired) electrons. The predicted octanol–water partition coefficient (Wildman–Crippen LogP) is 8.02. The average molecular weight is 537 g/mol. The average Bonchev–Trinajstić information content (AvgIpc) is 2.79. The third kappa shape index (κ3) is 11.5. The van der Waals surface area contributed by atoms with Gasteiger partial charge in [-0.2, -0.15) is 0 Å². The van der Waals surface area contributed by atoms with Crippen LogP contribution in [0.5, 0.6) is 5.75 Å². The summed E-state index contributed by atoms with van der Waals surface area (Å²) in [6.07, 6.45) is 4.56. The Morgan fingerprint density at radius 3 is 2.16 bits per heavy atom. The highest BCUT2D eigenvalue weighted by atomic mass is 28.4. The molecule has 0 amide bonds. The zero-order valence-corrected chi connectivity index (χ0v) is 25.8. The molecule has 0 saturated heterocycles. The lowest BCUT2D eigenvalue weighted by atomic mass is 9.97. The Morgan fingerprint density at radius 1 is 1.05 bits per heavy atom. The monoisotopic (exact) mass is 536 g/mol. The summed E-state index contributed by atoms with van der Waals surface area (Å²) in [5.74, 6) is -0.0126. The van der Waals surface area contributed by atoms with Gasteiger partial charge in [-0.25, -0.2) is 4.39 Å². The van der Waals surface area contributed by atoms with Crippen LogP contribution in [0.1, 0.15) is 67.4 Å². The van der Waals surface area contributed by atoms with Gasteiger partial charge in [-0.15, -0.1) is 0 Å². The van der Waals surface area contributed by atoms with E-state index in [-0.39, 0.29) is 42.1 Å². The normalized spacial score (nSPS) is 15.9. The second-order valence-corrected chi connectivity index (χ2v) is 16.9. The van der Waals surface area contributed by atoms with Crippen LogP contribution in [0.25, 0.3) is 0 Å². The maximum absolute atomic E-state index is 15.5. The third-order valence-electron chi connectivity index (χ3n) is 6.75. The molecule has 1 aromatic carbocycles. The number of carbonyl (C=O) groups is 1. The van der Waals surface area contributed by atoms with Gasteiger partial charge in [0, 0.05) is 12.0 Å². The minimum Gasteiger partial charge on any atom is -0.497 e. The quantitative estimate of drug-likeness (QED) is 0.111. The lowest BCUT2D eigenvalue weighted by Crippen LogP contribution is -2.44. The summed E-state index contributed by atoms with van der Waals surface area (Å²) in [7, 11) is -0.365. The van der Waals surface area contributed by atoms with Gasteiger partial charge in [0.05, 0.1) is 25.7 Å². The molecule has 1 aromatic rings. The molecule has 0 bridgehead atoms. The van der Waals surface area contributed by atoms with E-state index in [0.29, 0.717) is 6.42 Å². The Morgan fingerprint density at radius 2 is 1.65 bits per heavy atom. The molecule has 0 heterocycles. The fourth-order valence-electron chi connectivity index (χ4n) is 3.02. The van der Waals surface area contributed by atoms with Gasteiger partial charge in [-0.05, 0) is 76.0 Å². The van der Waals surface area contributed by atoms with Crippen molar-refractivity contribution in [3.8, 4) is 5.75 Å². The van der Waals surface area contributed by atoms with E-state index >= 15 is 4.39 Å². The fraction of sp³-hybridized carbons (Fsp3) is 0.633. The van der Waals surface area contributed by atoms with Crippen LogP contribution in [0.4, 0.5) is 4.39 Å². The van der Waals surface area contributed by atoms with Crippen molar-refractivity contribution in [1.82, 2.24) is 0 Å². The van der Waals surface area contributed by atoms with Crippen molar-refractivity contribution in [1.29, 1.82) is 0 Å². The number of esters is 1. The number of carbonyl (C=O) groups excluding carboxylic acids is 1. The summed E-state index contributed by atoms with van der Waals surface area (Å²) in [6.45, 7) is 20.9. The van der Waals surface area contributed by atoms with E-state index in [2.05, 4.69) is 33.9 Å². The minimum absolute atomic E-state index is 0.0758. The van der Waals surface area contributed by atoms with E-state index < -0.39 is 19.8 Å². The van der Waals surface area contributed by atoms with E-state index in [1.807, 2.05) is 58.9 Å². The summed E-state index contributed by atoms with van der Waals surface area (Å²) in [4.78, 5) is 12.0. The minimum atomic E-state index is -1.98.